The van der Waals surface area contributed by atoms with Gasteiger partial charge in [0.05, 0.1) is 11.4 Å². The van der Waals surface area contributed by atoms with E-state index in [2.05, 4.69) is 15.5 Å². The van der Waals surface area contributed by atoms with Crippen LogP contribution in [0.5, 0.6) is 0 Å². The Hall–Kier alpha value is -1.58. The van der Waals surface area contributed by atoms with Gasteiger partial charge in [-0.3, -0.25) is 5.10 Å². The van der Waals surface area contributed by atoms with Crippen molar-refractivity contribution in [1.29, 1.82) is 5.26 Å². The summed E-state index contributed by atoms with van der Waals surface area (Å²) in [6.07, 6.45) is -0.764. The average Bonchev–Trinajstić information content (AvgIpc) is 2.47. The third-order valence-corrected chi connectivity index (χ3v) is 1.67. The Balaban J connectivity index is 2.90. The number of nitrogens with two attached hydrogens (primary N) is 1. The molecule has 0 aliphatic carbocycles. The minimum atomic E-state index is -0.764. The molecule has 6 nitrogen and oxygen atoms in total. The van der Waals surface area contributed by atoms with Crippen LogP contribution < -0.4 is 11.1 Å². The standard InChI is InChI=1S/C7H11N5O/c1-10-3-5(13)7-6(9)4(2-8)11-12-7/h5,10,13H,3,9H2,1H3,(H,11,12). The number of nitrogen functional groups attached to an aromatic ring is 1. The second-order valence-corrected chi connectivity index (χ2v) is 2.58. The van der Waals surface area contributed by atoms with Gasteiger partial charge < -0.3 is 16.2 Å². The van der Waals surface area contributed by atoms with Crippen LogP contribution in [0.3, 0.4) is 0 Å². The molecule has 0 fully saturated rings. The van der Waals surface area contributed by atoms with Crippen molar-refractivity contribution in [3.8, 4) is 6.07 Å². The SMILES string of the molecule is CNCC(O)c1[nH]nc(C#N)c1N. The van der Waals surface area contributed by atoms with Crippen LogP contribution in [0, 0.1) is 11.3 Å². The largest absolute Gasteiger partial charge is 0.395 e. The number of anilines is 1. The molecule has 1 aromatic rings. The second kappa shape index (κ2) is 3.89. The normalized spacial score (nSPS) is 12.4. The van der Waals surface area contributed by atoms with Gasteiger partial charge in [-0.05, 0) is 7.05 Å². The van der Waals surface area contributed by atoms with Crippen molar-refractivity contribution in [3.05, 3.63) is 11.4 Å². The highest BCUT2D eigenvalue weighted by Gasteiger charge is 2.16. The van der Waals surface area contributed by atoms with Gasteiger partial charge in [-0.25, -0.2) is 0 Å². The Morgan fingerprint density at radius 1 is 1.85 bits per heavy atom. The van der Waals surface area contributed by atoms with Crippen molar-refractivity contribution >= 4 is 5.69 Å². The molecule has 0 radical (unpaired) electrons. The van der Waals surface area contributed by atoms with Gasteiger partial charge in [-0.1, -0.05) is 0 Å². The lowest BCUT2D eigenvalue weighted by molar-refractivity contribution is 0.173. The molecule has 1 atom stereocenters. The summed E-state index contributed by atoms with van der Waals surface area (Å²) in [7, 11) is 1.71. The van der Waals surface area contributed by atoms with Crippen molar-refractivity contribution in [1.82, 2.24) is 15.5 Å². The molecule has 0 amide bonds. The number of aliphatic hydroxyl groups is 1. The Morgan fingerprint density at radius 3 is 3.00 bits per heavy atom. The molecule has 0 saturated carbocycles. The second-order valence-electron chi connectivity index (χ2n) is 2.58. The van der Waals surface area contributed by atoms with E-state index >= 15 is 0 Å². The molecule has 0 aliphatic rings. The number of nitrogens with zero attached hydrogens (tertiary/aromatic N) is 2. The van der Waals surface area contributed by atoms with Crippen LogP contribution in [0.1, 0.15) is 17.5 Å². The molecule has 0 saturated heterocycles. The first kappa shape index (κ1) is 9.51. The van der Waals surface area contributed by atoms with Crippen molar-refractivity contribution in [2.75, 3.05) is 19.3 Å². The van der Waals surface area contributed by atoms with Gasteiger partial charge >= 0.3 is 0 Å². The molecule has 70 valence electrons. The minimum Gasteiger partial charge on any atom is -0.395 e. The fourth-order valence-corrected chi connectivity index (χ4v) is 0.999. The summed E-state index contributed by atoms with van der Waals surface area (Å²) in [5, 5.41) is 27.0. The number of H-pyrrole nitrogens is 1. The fraction of sp³-hybridized carbons (Fsp3) is 0.429. The van der Waals surface area contributed by atoms with Gasteiger partial charge in [-0.15, -0.1) is 0 Å². The molecule has 5 N–H and O–H groups in total. The molecular weight excluding hydrogens is 170 g/mol. The first-order valence-corrected chi connectivity index (χ1v) is 3.77. The van der Waals surface area contributed by atoms with Crippen LogP contribution in [0.4, 0.5) is 5.69 Å². The van der Waals surface area contributed by atoms with E-state index in [0.717, 1.165) is 0 Å². The quantitative estimate of drug-likeness (QED) is 0.483. The lowest BCUT2D eigenvalue weighted by Gasteiger charge is -2.07. The number of nitriles is 1. The zero-order valence-electron chi connectivity index (χ0n) is 7.20. The number of hydrogen-bond acceptors (Lipinski definition) is 5. The summed E-state index contributed by atoms with van der Waals surface area (Å²) in [6, 6.07) is 1.81. The molecule has 1 rings (SSSR count). The first-order chi connectivity index (χ1) is 6.20. The molecule has 1 unspecified atom stereocenters. The van der Waals surface area contributed by atoms with Crippen LogP contribution in [0.2, 0.25) is 0 Å². The maximum absolute atomic E-state index is 9.49. The van der Waals surface area contributed by atoms with Gasteiger partial charge in [0.1, 0.15) is 12.2 Å². The van der Waals surface area contributed by atoms with Crippen molar-refractivity contribution < 1.29 is 5.11 Å². The van der Waals surface area contributed by atoms with Crippen LogP contribution in [0.25, 0.3) is 0 Å². The van der Waals surface area contributed by atoms with Crippen molar-refractivity contribution in [2.24, 2.45) is 0 Å². The Kier molecular flexibility index (Phi) is 2.84. The molecule has 0 spiro atoms. The highest BCUT2D eigenvalue weighted by molar-refractivity contribution is 5.54. The highest BCUT2D eigenvalue weighted by Crippen LogP contribution is 2.19. The summed E-state index contributed by atoms with van der Waals surface area (Å²) in [5.74, 6) is 0. The Morgan fingerprint density at radius 2 is 2.54 bits per heavy atom. The van der Waals surface area contributed by atoms with E-state index in [1.54, 1.807) is 7.05 Å². The fourth-order valence-electron chi connectivity index (χ4n) is 0.999. The van der Waals surface area contributed by atoms with E-state index in [1.165, 1.54) is 0 Å². The number of aliphatic hydroxyl groups excluding tert-OH is 1. The third-order valence-electron chi connectivity index (χ3n) is 1.67. The predicted molar refractivity (Wildman–Crippen MR) is 46.6 cm³/mol. The number of aromatic amines is 1. The molecule has 0 bridgehead atoms. The van der Waals surface area contributed by atoms with Crippen molar-refractivity contribution in [3.63, 3.8) is 0 Å². The van der Waals surface area contributed by atoms with Gasteiger partial charge in [-0.2, -0.15) is 10.4 Å². The van der Waals surface area contributed by atoms with E-state index in [1.807, 2.05) is 6.07 Å². The lowest BCUT2D eigenvalue weighted by atomic mass is 10.2. The number of likely N-dealkylation sites (N-methyl/N-ethyl adjacent to an activating group) is 1. The molecule has 13 heavy (non-hydrogen) atoms. The summed E-state index contributed by atoms with van der Waals surface area (Å²) in [6.45, 7) is 0.358. The molecular formula is C7H11N5O. The summed E-state index contributed by atoms with van der Waals surface area (Å²) >= 11 is 0. The topological polar surface area (TPSA) is 111 Å². The molecule has 6 heteroatoms. The van der Waals surface area contributed by atoms with E-state index in [9.17, 15) is 5.11 Å². The molecule has 0 aliphatic heterocycles. The third kappa shape index (κ3) is 1.77. The molecule has 1 aromatic heterocycles. The van der Waals surface area contributed by atoms with Gasteiger partial charge in [0.25, 0.3) is 0 Å². The smallest absolute Gasteiger partial charge is 0.185 e. The van der Waals surface area contributed by atoms with Crippen LogP contribution in [-0.4, -0.2) is 28.9 Å². The van der Waals surface area contributed by atoms with E-state index in [0.29, 0.717) is 12.2 Å². The van der Waals surface area contributed by atoms with Crippen molar-refractivity contribution in [2.45, 2.75) is 6.10 Å². The van der Waals surface area contributed by atoms with E-state index in [-0.39, 0.29) is 11.4 Å². The maximum Gasteiger partial charge on any atom is 0.185 e. The highest BCUT2D eigenvalue weighted by atomic mass is 16.3. The summed E-state index contributed by atoms with van der Waals surface area (Å²) in [4.78, 5) is 0. The van der Waals surface area contributed by atoms with Gasteiger partial charge in [0.2, 0.25) is 0 Å². The van der Waals surface area contributed by atoms with E-state index < -0.39 is 6.10 Å². The zero-order valence-corrected chi connectivity index (χ0v) is 7.20. The van der Waals surface area contributed by atoms with E-state index in [4.69, 9.17) is 11.0 Å². The Bertz CT molecular complexity index is 326. The average molecular weight is 181 g/mol. The zero-order chi connectivity index (χ0) is 9.84. The van der Waals surface area contributed by atoms with Crippen LogP contribution >= 0.6 is 0 Å². The Labute approximate surface area is 75.4 Å². The van der Waals surface area contributed by atoms with Crippen LogP contribution in [0.15, 0.2) is 0 Å². The number of rotatable bonds is 3. The van der Waals surface area contributed by atoms with Gasteiger partial charge in [0, 0.05) is 6.54 Å². The first-order valence-electron chi connectivity index (χ1n) is 3.77. The summed E-state index contributed by atoms with van der Waals surface area (Å²) in [5.41, 5.74) is 6.25. The number of aromatic nitrogens is 2. The summed E-state index contributed by atoms with van der Waals surface area (Å²) < 4.78 is 0. The number of hydrogen-bond donors (Lipinski definition) is 4. The lowest BCUT2D eigenvalue weighted by Crippen LogP contribution is -2.17. The van der Waals surface area contributed by atoms with Crippen LogP contribution in [-0.2, 0) is 0 Å². The van der Waals surface area contributed by atoms with Gasteiger partial charge in [0.15, 0.2) is 5.69 Å². The predicted octanol–water partition coefficient (Wildman–Crippen LogP) is -0.884. The minimum absolute atomic E-state index is 0.116. The monoisotopic (exact) mass is 181 g/mol. The maximum atomic E-state index is 9.49. The molecule has 0 aromatic carbocycles. The number of nitrogens with one attached hydrogen (secondary N) is 2. The molecule has 1 heterocycles.